The number of amides is 1. The van der Waals surface area contributed by atoms with Gasteiger partial charge in [0.1, 0.15) is 0 Å². The maximum Gasteiger partial charge on any atom is 0.234 e. The molecule has 0 saturated carbocycles. The van der Waals surface area contributed by atoms with Crippen LogP contribution in [-0.2, 0) is 4.79 Å². The minimum absolute atomic E-state index is 0.130. The van der Waals surface area contributed by atoms with Crippen LogP contribution >= 0.6 is 0 Å². The third-order valence-corrected chi connectivity index (χ3v) is 2.79. The molecule has 0 spiro atoms. The van der Waals surface area contributed by atoms with Crippen molar-refractivity contribution in [1.82, 2.24) is 15.5 Å². The van der Waals surface area contributed by atoms with Crippen LogP contribution in [0.15, 0.2) is 0 Å². The smallest absolute Gasteiger partial charge is 0.234 e. The zero-order valence-electron chi connectivity index (χ0n) is 10.2. The fourth-order valence-corrected chi connectivity index (χ4v) is 2.02. The van der Waals surface area contributed by atoms with Crippen LogP contribution in [0.4, 0.5) is 0 Å². The molecule has 1 amide bonds. The molecule has 1 saturated heterocycles. The normalized spacial score (nSPS) is 28.1. The molecular formula is C11H23N3O. The highest BCUT2D eigenvalue weighted by Crippen LogP contribution is 2.08. The summed E-state index contributed by atoms with van der Waals surface area (Å²) in [7, 11) is 0. The van der Waals surface area contributed by atoms with E-state index in [9.17, 15) is 4.79 Å². The summed E-state index contributed by atoms with van der Waals surface area (Å²) in [5.74, 6) is 0.130. The fourth-order valence-electron chi connectivity index (χ4n) is 2.02. The van der Waals surface area contributed by atoms with E-state index >= 15 is 0 Å². The number of piperazine rings is 1. The van der Waals surface area contributed by atoms with Crippen molar-refractivity contribution in [2.75, 3.05) is 19.6 Å². The highest BCUT2D eigenvalue weighted by atomic mass is 16.2. The molecule has 88 valence electrons. The van der Waals surface area contributed by atoms with Gasteiger partial charge in [0.25, 0.3) is 0 Å². The Morgan fingerprint density at radius 3 is 2.40 bits per heavy atom. The second-order valence-electron chi connectivity index (χ2n) is 4.75. The van der Waals surface area contributed by atoms with Gasteiger partial charge in [-0.2, -0.15) is 0 Å². The molecule has 1 rings (SSSR count). The van der Waals surface area contributed by atoms with E-state index in [-0.39, 0.29) is 11.9 Å². The third kappa shape index (κ3) is 3.80. The number of rotatable bonds is 3. The molecule has 0 unspecified atom stereocenters. The van der Waals surface area contributed by atoms with Crippen LogP contribution in [0.5, 0.6) is 0 Å². The summed E-state index contributed by atoms with van der Waals surface area (Å²) in [6.45, 7) is 10.8. The van der Waals surface area contributed by atoms with Crippen molar-refractivity contribution in [1.29, 1.82) is 0 Å². The van der Waals surface area contributed by atoms with E-state index in [1.54, 1.807) is 0 Å². The van der Waals surface area contributed by atoms with Crippen molar-refractivity contribution in [3.63, 3.8) is 0 Å². The van der Waals surface area contributed by atoms with Crippen LogP contribution in [0.1, 0.15) is 27.7 Å². The number of carbonyl (C=O) groups is 1. The quantitative estimate of drug-likeness (QED) is 0.703. The molecule has 2 N–H and O–H groups in total. The van der Waals surface area contributed by atoms with Gasteiger partial charge in [-0.25, -0.2) is 0 Å². The Morgan fingerprint density at radius 2 is 1.93 bits per heavy atom. The van der Waals surface area contributed by atoms with Gasteiger partial charge in [0.15, 0.2) is 0 Å². The first-order valence-corrected chi connectivity index (χ1v) is 5.76. The largest absolute Gasteiger partial charge is 0.353 e. The third-order valence-electron chi connectivity index (χ3n) is 2.79. The molecule has 4 heteroatoms. The predicted octanol–water partition coefficient (Wildman–Crippen LogP) is 0.193. The van der Waals surface area contributed by atoms with E-state index in [0.717, 1.165) is 13.1 Å². The summed E-state index contributed by atoms with van der Waals surface area (Å²) < 4.78 is 0. The summed E-state index contributed by atoms with van der Waals surface area (Å²) in [6, 6.07) is 1.10. The summed E-state index contributed by atoms with van der Waals surface area (Å²) in [6.07, 6.45) is 0. The summed E-state index contributed by atoms with van der Waals surface area (Å²) in [4.78, 5) is 13.9. The number of hydrogen-bond donors (Lipinski definition) is 2. The Hall–Kier alpha value is -0.610. The van der Waals surface area contributed by atoms with E-state index in [1.165, 1.54) is 0 Å². The van der Waals surface area contributed by atoms with Crippen molar-refractivity contribution in [3.05, 3.63) is 0 Å². The molecule has 4 nitrogen and oxygen atoms in total. The van der Waals surface area contributed by atoms with Gasteiger partial charge in [0.05, 0.1) is 6.54 Å². The van der Waals surface area contributed by atoms with Gasteiger partial charge in [0.2, 0.25) is 5.91 Å². The lowest BCUT2D eigenvalue weighted by Gasteiger charge is -2.38. The van der Waals surface area contributed by atoms with E-state index < -0.39 is 0 Å². The number of carbonyl (C=O) groups excluding carboxylic acids is 1. The molecule has 2 atom stereocenters. The predicted molar refractivity (Wildman–Crippen MR) is 61.8 cm³/mol. The Bertz CT molecular complexity index is 208. The van der Waals surface area contributed by atoms with Crippen molar-refractivity contribution < 1.29 is 4.79 Å². The first kappa shape index (κ1) is 12.5. The van der Waals surface area contributed by atoms with Crippen LogP contribution in [0.3, 0.4) is 0 Å². The van der Waals surface area contributed by atoms with E-state index in [0.29, 0.717) is 18.6 Å². The standard InChI is InChI=1S/C11H23N3O/c1-8(2)13-11(15)7-14-9(3)5-12-6-10(14)4/h8-10,12H,5-7H2,1-4H3,(H,13,15)/t9-,10+. The molecular weight excluding hydrogens is 190 g/mol. The molecule has 1 aliphatic heterocycles. The van der Waals surface area contributed by atoms with Crippen molar-refractivity contribution >= 4 is 5.91 Å². The zero-order valence-corrected chi connectivity index (χ0v) is 10.2. The van der Waals surface area contributed by atoms with E-state index in [1.807, 2.05) is 13.8 Å². The molecule has 0 bridgehead atoms. The first-order chi connectivity index (χ1) is 7.00. The minimum Gasteiger partial charge on any atom is -0.353 e. The Morgan fingerprint density at radius 1 is 1.40 bits per heavy atom. The van der Waals surface area contributed by atoms with Crippen LogP contribution in [-0.4, -0.2) is 48.6 Å². The average Bonchev–Trinajstić information content (AvgIpc) is 2.10. The van der Waals surface area contributed by atoms with Crippen LogP contribution < -0.4 is 10.6 Å². The van der Waals surface area contributed by atoms with Gasteiger partial charge in [-0.15, -0.1) is 0 Å². The molecule has 15 heavy (non-hydrogen) atoms. The average molecular weight is 213 g/mol. The van der Waals surface area contributed by atoms with Crippen molar-refractivity contribution in [2.45, 2.75) is 45.8 Å². The Balaban J connectivity index is 2.44. The van der Waals surface area contributed by atoms with Gasteiger partial charge in [-0.3, -0.25) is 9.69 Å². The van der Waals surface area contributed by atoms with Crippen LogP contribution in [0.25, 0.3) is 0 Å². The van der Waals surface area contributed by atoms with Gasteiger partial charge < -0.3 is 10.6 Å². The lowest BCUT2D eigenvalue weighted by atomic mass is 10.1. The summed E-state index contributed by atoms with van der Waals surface area (Å²) in [5, 5.41) is 6.29. The zero-order chi connectivity index (χ0) is 11.4. The Labute approximate surface area is 92.4 Å². The fraction of sp³-hybridized carbons (Fsp3) is 0.909. The number of nitrogens with zero attached hydrogens (tertiary/aromatic N) is 1. The van der Waals surface area contributed by atoms with Gasteiger partial charge in [-0.05, 0) is 27.7 Å². The summed E-state index contributed by atoms with van der Waals surface area (Å²) in [5.41, 5.74) is 0. The molecule has 0 aromatic carbocycles. The molecule has 0 aromatic rings. The highest BCUT2D eigenvalue weighted by Gasteiger charge is 2.25. The van der Waals surface area contributed by atoms with Crippen molar-refractivity contribution in [2.24, 2.45) is 0 Å². The van der Waals surface area contributed by atoms with E-state index in [4.69, 9.17) is 0 Å². The molecule has 0 aliphatic carbocycles. The van der Waals surface area contributed by atoms with Crippen LogP contribution in [0.2, 0.25) is 0 Å². The van der Waals surface area contributed by atoms with Gasteiger partial charge in [-0.1, -0.05) is 0 Å². The molecule has 1 fully saturated rings. The highest BCUT2D eigenvalue weighted by molar-refractivity contribution is 5.78. The molecule has 1 heterocycles. The topological polar surface area (TPSA) is 44.4 Å². The second kappa shape index (κ2) is 5.47. The molecule has 0 aromatic heterocycles. The Kier molecular flexibility index (Phi) is 4.54. The molecule has 1 aliphatic rings. The minimum atomic E-state index is 0.130. The lowest BCUT2D eigenvalue weighted by Crippen LogP contribution is -2.57. The van der Waals surface area contributed by atoms with Crippen LogP contribution in [0, 0.1) is 0 Å². The van der Waals surface area contributed by atoms with Crippen molar-refractivity contribution in [3.8, 4) is 0 Å². The molecule has 0 radical (unpaired) electrons. The van der Waals surface area contributed by atoms with Gasteiger partial charge in [0, 0.05) is 31.2 Å². The van der Waals surface area contributed by atoms with Gasteiger partial charge >= 0.3 is 0 Å². The first-order valence-electron chi connectivity index (χ1n) is 5.76. The maximum atomic E-state index is 11.6. The summed E-state index contributed by atoms with van der Waals surface area (Å²) >= 11 is 0. The van der Waals surface area contributed by atoms with E-state index in [2.05, 4.69) is 29.4 Å². The maximum absolute atomic E-state index is 11.6. The second-order valence-corrected chi connectivity index (χ2v) is 4.75. The lowest BCUT2D eigenvalue weighted by molar-refractivity contribution is -0.124. The number of nitrogens with one attached hydrogen (secondary N) is 2. The SMILES string of the molecule is CC(C)NC(=O)CN1[C@H](C)CNC[C@@H]1C. The monoisotopic (exact) mass is 213 g/mol. The number of hydrogen-bond acceptors (Lipinski definition) is 3.